The Morgan fingerprint density at radius 2 is 1.91 bits per heavy atom. The van der Waals surface area contributed by atoms with Crippen LogP contribution in [0.4, 0.5) is 0 Å². The predicted molar refractivity (Wildman–Crippen MR) is 89.9 cm³/mol. The first-order valence-corrected chi connectivity index (χ1v) is 9.23. The molecule has 0 aliphatic rings. The largest absolute Gasteiger partial charge is 0.379 e. The molecule has 0 heterocycles. The van der Waals surface area contributed by atoms with E-state index in [2.05, 4.69) is 10.0 Å². The van der Waals surface area contributed by atoms with Crippen LogP contribution in [0.5, 0.6) is 0 Å². The van der Waals surface area contributed by atoms with Crippen molar-refractivity contribution in [3.63, 3.8) is 0 Å². The molecule has 0 aliphatic carbocycles. The zero-order valence-electron chi connectivity index (χ0n) is 14.1. The summed E-state index contributed by atoms with van der Waals surface area (Å²) in [7, 11) is -3.60. The van der Waals surface area contributed by atoms with Gasteiger partial charge in [0.15, 0.2) is 0 Å². The Morgan fingerprint density at radius 1 is 1.22 bits per heavy atom. The highest BCUT2D eigenvalue weighted by atomic mass is 32.2. The van der Waals surface area contributed by atoms with E-state index in [0.717, 1.165) is 0 Å². The zero-order valence-corrected chi connectivity index (χ0v) is 14.9. The van der Waals surface area contributed by atoms with E-state index in [1.807, 2.05) is 13.8 Å². The first-order valence-electron chi connectivity index (χ1n) is 7.74. The van der Waals surface area contributed by atoms with Gasteiger partial charge < -0.3 is 10.1 Å². The number of carbonyl (C=O) groups is 1. The number of rotatable bonds is 9. The molecule has 0 radical (unpaired) electrons. The second-order valence-electron chi connectivity index (χ2n) is 5.83. The average Bonchev–Trinajstić information content (AvgIpc) is 2.45. The number of ether oxygens (including phenoxy) is 1. The van der Waals surface area contributed by atoms with Crippen molar-refractivity contribution < 1.29 is 17.9 Å². The van der Waals surface area contributed by atoms with E-state index in [1.54, 1.807) is 26.0 Å². The molecule has 0 spiro atoms. The summed E-state index contributed by atoms with van der Waals surface area (Å²) >= 11 is 0. The van der Waals surface area contributed by atoms with E-state index in [0.29, 0.717) is 25.1 Å². The van der Waals surface area contributed by atoms with Gasteiger partial charge in [-0.05, 0) is 52.3 Å². The molecule has 1 amide bonds. The predicted octanol–water partition coefficient (Wildman–Crippen LogP) is 1.92. The maximum absolute atomic E-state index is 12.1. The zero-order chi connectivity index (χ0) is 17.5. The second kappa shape index (κ2) is 9.00. The van der Waals surface area contributed by atoms with Gasteiger partial charge >= 0.3 is 0 Å². The Hall–Kier alpha value is -1.44. The van der Waals surface area contributed by atoms with Crippen LogP contribution in [0.3, 0.4) is 0 Å². The highest BCUT2D eigenvalue weighted by Gasteiger charge is 2.17. The Balaban J connectivity index is 2.64. The fourth-order valence-electron chi connectivity index (χ4n) is 1.88. The number of hydrogen-bond acceptors (Lipinski definition) is 4. The number of carbonyl (C=O) groups excluding carboxylic acids is 1. The molecule has 1 rings (SSSR count). The maximum Gasteiger partial charge on any atom is 0.251 e. The molecule has 0 atom stereocenters. The molecule has 0 fully saturated rings. The van der Waals surface area contributed by atoms with Crippen LogP contribution in [0.15, 0.2) is 29.2 Å². The molecule has 1 aromatic rings. The summed E-state index contributed by atoms with van der Waals surface area (Å²) in [5.74, 6) is -0.295. The Kier molecular flexibility index (Phi) is 7.67. The monoisotopic (exact) mass is 342 g/mol. The molecule has 0 saturated heterocycles. The van der Waals surface area contributed by atoms with Gasteiger partial charge in [-0.1, -0.05) is 6.07 Å². The molecule has 2 N–H and O–H groups in total. The van der Waals surface area contributed by atoms with Crippen LogP contribution in [0.25, 0.3) is 0 Å². The lowest BCUT2D eigenvalue weighted by atomic mass is 10.2. The molecule has 23 heavy (non-hydrogen) atoms. The summed E-state index contributed by atoms with van der Waals surface area (Å²) in [5, 5.41) is 2.76. The SMILES string of the molecule is CC(C)NS(=O)(=O)c1cccc(C(=O)NCCCOC(C)C)c1. The highest BCUT2D eigenvalue weighted by molar-refractivity contribution is 7.89. The van der Waals surface area contributed by atoms with Crippen molar-refractivity contribution in [2.24, 2.45) is 0 Å². The van der Waals surface area contributed by atoms with Gasteiger partial charge in [0.25, 0.3) is 5.91 Å². The van der Waals surface area contributed by atoms with Crippen molar-refractivity contribution >= 4 is 15.9 Å². The first kappa shape index (κ1) is 19.6. The summed E-state index contributed by atoms with van der Waals surface area (Å²) in [5.41, 5.74) is 0.321. The fraction of sp³-hybridized carbons (Fsp3) is 0.562. The van der Waals surface area contributed by atoms with Gasteiger partial charge in [-0.2, -0.15) is 0 Å². The van der Waals surface area contributed by atoms with Crippen LogP contribution in [-0.2, 0) is 14.8 Å². The van der Waals surface area contributed by atoms with E-state index in [9.17, 15) is 13.2 Å². The number of sulfonamides is 1. The summed E-state index contributed by atoms with van der Waals surface area (Å²) in [6.45, 7) is 8.45. The Labute approximate surface area is 138 Å². The number of amides is 1. The van der Waals surface area contributed by atoms with Gasteiger partial charge in [-0.3, -0.25) is 4.79 Å². The third-order valence-electron chi connectivity index (χ3n) is 2.86. The molecule has 130 valence electrons. The molecule has 7 heteroatoms. The molecular weight excluding hydrogens is 316 g/mol. The van der Waals surface area contributed by atoms with Gasteiger partial charge in [0.05, 0.1) is 11.0 Å². The Morgan fingerprint density at radius 3 is 2.52 bits per heavy atom. The summed E-state index contributed by atoms with van der Waals surface area (Å²) in [6.07, 6.45) is 0.873. The standard InChI is InChI=1S/C16H26N2O4S/c1-12(2)18-23(20,21)15-8-5-7-14(11-15)16(19)17-9-6-10-22-13(3)4/h5,7-8,11-13,18H,6,9-10H2,1-4H3,(H,17,19). The number of hydrogen-bond donors (Lipinski definition) is 2. The minimum absolute atomic E-state index is 0.0852. The highest BCUT2D eigenvalue weighted by Crippen LogP contribution is 2.12. The molecular formula is C16H26N2O4S. The summed E-state index contributed by atoms with van der Waals surface area (Å²) in [6, 6.07) is 5.79. The van der Waals surface area contributed by atoms with Crippen LogP contribution < -0.4 is 10.0 Å². The lowest BCUT2D eigenvalue weighted by molar-refractivity contribution is 0.0757. The fourth-order valence-corrected chi connectivity index (χ4v) is 3.17. The molecule has 0 unspecified atom stereocenters. The van der Waals surface area contributed by atoms with Crippen LogP contribution in [0.1, 0.15) is 44.5 Å². The molecule has 0 aromatic heterocycles. The molecule has 1 aromatic carbocycles. The van der Waals surface area contributed by atoms with Crippen LogP contribution in [-0.4, -0.2) is 39.6 Å². The van der Waals surface area contributed by atoms with Gasteiger partial charge in [0.2, 0.25) is 10.0 Å². The smallest absolute Gasteiger partial charge is 0.251 e. The van der Waals surface area contributed by atoms with Crippen LogP contribution >= 0.6 is 0 Å². The third kappa shape index (κ3) is 7.11. The molecule has 6 nitrogen and oxygen atoms in total. The van der Waals surface area contributed by atoms with Crippen molar-refractivity contribution in [2.45, 2.75) is 51.2 Å². The van der Waals surface area contributed by atoms with Crippen molar-refractivity contribution in [3.8, 4) is 0 Å². The lowest BCUT2D eigenvalue weighted by Crippen LogP contribution is -2.30. The minimum Gasteiger partial charge on any atom is -0.379 e. The van der Waals surface area contributed by atoms with Crippen molar-refractivity contribution in [1.29, 1.82) is 0 Å². The average molecular weight is 342 g/mol. The molecule has 0 saturated carbocycles. The van der Waals surface area contributed by atoms with Gasteiger partial charge in [-0.25, -0.2) is 13.1 Å². The summed E-state index contributed by atoms with van der Waals surface area (Å²) < 4.78 is 32.1. The van der Waals surface area contributed by atoms with Gasteiger partial charge in [0, 0.05) is 24.8 Å². The normalized spacial score (nSPS) is 11.9. The third-order valence-corrected chi connectivity index (χ3v) is 4.51. The van der Waals surface area contributed by atoms with Gasteiger partial charge in [-0.15, -0.1) is 0 Å². The van der Waals surface area contributed by atoms with Crippen molar-refractivity contribution in [1.82, 2.24) is 10.0 Å². The van der Waals surface area contributed by atoms with Crippen LogP contribution in [0, 0.1) is 0 Å². The first-order chi connectivity index (χ1) is 10.7. The number of nitrogens with one attached hydrogen (secondary N) is 2. The van der Waals surface area contributed by atoms with Crippen LogP contribution in [0.2, 0.25) is 0 Å². The quantitative estimate of drug-likeness (QED) is 0.672. The van der Waals surface area contributed by atoms with Crippen molar-refractivity contribution in [3.05, 3.63) is 29.8 Å². The van der Waals surface area contributed by atoms with E-state index in [1.165, 1.54) is 12.1 Å². The molecule has 0 aliphatic heterocycles. The second-order valence-corrected chi connectivity index (χ2v) is 7.55. The van der Waals surface area contributed by atoms with E-state index in [4.69, 9.17) is 4.74 Å². The molecule has 0 bridgehead atoms. The van der Waals surface area contributed by atoms with Crippen molar-refractivity contribution in [2.75, 3.05) is 13.2 Å². The summed E-state index contributed by atoms with van der Waals surface area (Å²) in [4.78, 5) is 12.2. The minimum atomic E-state index is -3.60. The lowest BCUT2D eigenvalue weighted by Gasteiger charge is -2.11. The van der Waals surface area contributed by atoms with E-state index < -0.39 is 10.0 Å². The number of benzene rings is 1. The Bertz CT molecular complexity index is 612. The van der Waals surface area contributed by atoms with E-state index in [-0.39, 0.29) is 22.9 Å². The van der Waals surface area contributed by atoms with Gasteiger partial charge in [0.1, 0.15) is 0 Å². The topological polar surface area (TPSA) is 84.5 Å². The maximum atomic E-state index is 12.1. The van der Waals surface area contributed by atoms with E-state index >= 15 is 0 Å².